The van der Waals surface area contributed by atoms with Gasteiger partial charge < -0.3 is 14.9 Å². The summed E-state index contributed by atoms with van der Waals surface area (Å²) in [5.74, 6) is 0.769. The molecule has 0 unspecified atom stereocenters. The van der Waals surface area contributed by atoms with Crippen LogP contribution in [0.2, 0.25) is 0 Å². The van der Waals surface area contributed by atoms with Gasteiger partial charge in [-0.3, -0.25) is 4.55 Å². The molecule has 0 aliphatic heterocycles. The zero-order valence-electron chi connectivity index (χ0n) is 17.2. The van der Waals surface area contributed by atoms with E-state index in [-0.39, 0.29) is 46.8 Å². The van der Waals surface area contributed by atoms with Gasteiger partial charge in [-0.05, 0) is 72.9 Å². The number of hydrogen-bond donors (Lipinski definition) is 3. The maximum absolute atomic E-state index is 10.8. The van der Waals surface area contributed by atoms with E-state index in [1.165, 1.54) is 0 Å². The minimum atomic E-state index is -3.94. The van der Waals surface area contributed by atoms with Crippen molar-refractivity contribution in [3.8, 4) is 17.2 Å². The van der Waals surface area contributed by atoms with Crippen molar-refractivity contribution in [2.24, 2.45) is 0 Å². The van der Waals surface area contributed by atoms with E-state index in [1.54, 1.807) is 24.3 Å². The summed E-state index contributed by atoms with van der Waals surface area (Å²) >= 11 is 0. The van der Waals surface area contributed by atoms with Gasteiger partial charge in [-0.25, -0.2) is 0 Å². The topological polar surface area (TPSA) is 104 Å². The normalized spacial score (nSPS) is 11.6. The number of aromatic hydroxyl groups is 2. The van der Waals surface area contributed by atoms with Crippen molar-refractivity contribution in [1.82, 2.24) is 0 Å². The van der Waals surface area contributed by atoms with Crippen LogP contribution in [-0.2, 0) is 15.5 Å². The quantitative estimate of drug-likeness (QED) is 0.192. The Kier molecular flexibility index (Phi) is 9.18. The summed E-state index contributed by atoms with van der Waals surface area (Å²) in [7, 11) is -3.94. The van der Waals surface area contributed by atoms with Crippen LogP contribution < -0.4 is 4.74 Å². The molecule has 0 saturated carbocycles. The molecule has 0 radical (unpaired) electrons. The molecule has 0 aliphatic rings. The predicted molar refractivity (Wildman–Crippen MR) is 127 cm³/mol. The van der Waals surface area contributed by atoms with Crippen LogP contribution in [0, 0.1) is 0 Å². The molecule has 32 heavy (non-hydrogen) atoms. The number of rotatable bonds is 9. The first kappa shape index (κ1) is 26.2. The zero-order chi connectivity index (χ0) is 22.5. The Morgan fingerprint density at radius 3 is 1.56 bits per heavy atom. The van der Waals surface area contributed by atoms with Crippen LogP contribution >= 0.6 is 0 Å². The zero-order valence-corrected chi connectivity index (χ0v) is 18.0. The van der Waals surface area contributed by atoms with Crippen LogP contribution in [0.3, 0.4) is 0 Å². The van der Waals surface area contributed by atoms with Crippen molar-refractivity contribution < 1.29 is 27.9 Å². The predicted octanol–water partition coefficient (Wildman–Crippen LogP) is 3.85. The first-order valence-electron chi connectivity index (χ1n) is 9.96. The number of hydrogen-bond acceptors (Lipinski definition) is 5. The average Bonchev–Trinajstić information content (AvgIpc) is 2.73. The summed E-state index contributed by atoms with van der Waals surface area (Å²) in [6, 6.07) is 21.8. The van der Waals surface area contributed by atoms with Crippen molar-refractivity contribution in [1.29, 1.82) is 0 Å². The van der Waals surface area contributed by atoms with E-state index < -0.39 is 15.5 Å². The first-order chi connectivity index (χ1) is 14.7. The summed E-state index contributed by atoms with van der Waals surface area (Å²) in [4.78, 5) is 0. The van der Waals surface area contributed by atoms with Crippen molar-refractivity contribution in [2.75, 3.05) is 12.4 Å². The molecule has 6 nitrogen and oxygen atoms in total. The summed E-state index contributed by atoms with van der Waals surface area (Å²) in [6.07, 6.45) is 0.844. The molecule has 0 aromatic heterocycles. The van der Waals surface area contributed by atoms with E-state index in [1.807, 2.05) is 48.5 Å². The molecule has 0 aliphatic carbocycles. The van der Waals surface area contributed by atoms with Gasteiger partial charge in [0.05, 0.1) is 12.4 Å². The number of unbranched alkanes of at least 4 members (excludes halogenated alkanes) is 1. The second-order valence-electron chi connectivity index (χ2n) is 7.58. The van der Waals surface area contributed by atoms with E-state index in [0.29, 0.717) is 25.2 Å². The van der Waals surface area contributed by atoms with Gasteiger partial charge in [0.2, 0.25) is 0 Å². The summed E-state index contributed by atoms with van der Waals surface area (Å²) in [6.45, 7) is 2.43. The third-order valence-electron chi connectivity index (χ3n) is 5.39. The van der Waals surface area contributed by atoms with E-state index in [9.17, 15) is 18.6 Å². The molecule has 0 bridgehead atoms. The Balaban J connectivity index is 0.00000363. The maximum atomic E-state index is 10.8. The van der Waals surface area contributed by atoms with Crippen LogP contribution in [0.4, 0.5) is 0 Å². The van der Waals surface area contributed by atoms with Crippen LogP contribution in [-0.4, -0.2) is 65.1 Å². The van der Waals surface area contributed by atoms with Crippen LogP contribution in [0.15, 0.2) is 72.8 Å². The van der Waals surface area contributed by atoms with Gasteiger partial charge in [-0.1, -0.05) is 36.4 Å². The third kappa shape index (κ3) is 6.73. The molecule has 8 heteroatoms. The summed E-state index contributed by atoms with van der Waals surface area (Å²) < 4.78 is 36.0. The molecule has 0 saturated heterocycles. The van der Waals surface area contributed by atoms with Crippen molar-refractivity contribution in [3.63, 3.8) is 0 Å². The molecular formula is C24H27NaO6S. The van der Waals surface area contributed by atoms with Crippen LogP contribution in [0.1, 0.15) is 36.5 Å². The van der Waals surface area contributed by atoms with Crippen LogP contribution in [0.25, 0.3) is 0 Å². The minimum absolute atomic E-state index is 0. The van der Waals surface area contributed by atoms with Crippen LogP contribution in [0.5, 0.6) is 17.2 Å². The van der Waals surface area contributed by atoms with Gasteiger partial charge in [0, 0.05) is 5.41 Å². The summed E-state index contributed by atoms with van der Waals surface area (Å²) in [5.41, 5.74) is 2.43. The fourth-order valence-electron chi connectivity index (χ4n) is 3.55. The van der Waals surface area contributed by atoms with Gasteiger partial charge >= 0.3 is 29.6 Å². The molecule has 0 fully saturated rings. The molecule has 3 rings (SSSR count). The Bertz CT molecular complexity index is 1050. The van der Waals surface area contributed by atoms with Gasteiger partial charge in [0.1, 0.15) is 17.2 Å². The Labute approximate surface area is 210 Å². The molecule has 0 amide bonds. The van der Waals surface area contributed by atoms with Gasteiger partial charge in [0.25, 0.3) is 10.1 Å². The van der Waals surface area contributed by atoms with Gasteiger partial charge in [-0.2, -0.15) is 8.42 Å². The van der Waals surface area contributed by atoms with Gasteiger partial charge in [0.15, 0.2) is 0 Å². The van der Waals surface area contributed by atoms with E-state index in [2.05, 4.69) is 6.92 Å². The number of phenolic OH excluding ortho intramolecular Hbond substituents is 2. The Morgan fingerprint density at radius 1 is 0.750 bits per heavy atom. The number of phenols is 2. The molecule has 3 N–H and O–H groups in total. The second-order valence-corrected chi connectivity index (χ2v) is 9.16. The molecule has 0 heterocycles. The fraction of sp³-hybridized carbons (Fsp3) is 0.250. The molecule has 3 aromatic carbocycles. The van der Waals surface area contributed by atoms with E-state index in [0.717, 1.165) is 16.7 Å². The van der Waals surface area contributed by atoms with E-state index in [4.69, 9.17) is 9.29 Å². The van der Waals surface area contributed by atoms with Crippen molar-refractivity contribution in [3.05, 3.63) is 89.5 Å². The SMILES string of the molecule is CC(c1ccc(O)cc1)(c1ccc(O)cc1)c1ccc(OCCCCS(=O)(=O)O)cc1.[NaH]. The molecule has 3 aromatic rings. The van der Waals surface area contributed by atoms with Crippen molar-refractivity contribution in [2.45, 2.75) is 25.2 Å². The molecule has 0 atom stereocenters. The molecular weight excluding hydrogens is 439 g/mol. The van der Waals surface area contributed by atoms with E-state index >= 15 is 0 Å². The Hall–Kier alpha value is -2.03. The number of benzene rings is 3. The second kappa shape index (κ2) is 11.2. The van der Waals surface area contributed by atoms with Gasteiger partial charge in [-0.15, -0.1) is 0 Å². The third-order valence-corrected chi connectivity index (χ3v) is 6.19. The van der Waals surface area contributed by atoms with Crippen molar-refractivity contribution >= 4 is 39.7 Å². The first-order valence-corrected chi connectivity index (χ1v) is 11.6. The average molecular weight is 467 g/mol. The Morgan fingerprint density at radius 2 is 1.16 bits per heavy atom. The molecule has 0 spiro atoms. The number of ether oxygens (including phenoxy) is 1. The monoisotopic (exact) mass is 466 g/mol. The summed E-state index contributed by atoms with van der Waals surface area (Å²) in [5, 5.41) is 19.4. The molecule has 166 valence electrons. The fourth-order valence-corrected chi connectivity index (χ4v) is 4.12. The standard InChI is InChI=1S/C24H26O6S.Na.H/c1-24(18-4-10-21(25)11-5-18,19-6-12-22(26)13-7-19)20-8-14-23(15-9-20)30-16-2-3-17-31(27,28)29;;/h4-15,25-26H,2-3,16-17H2,1H3,(H,27,28,29);;.